The molecule has 0 saturated heterocycles. The largest absolute Gasteiger partial charge is 0.507 e. The zero-order chi connectivity index (χ0) is 15.6. The van der Waals surface area contributed by atoms with Crippen molar-refractivity contribution in [2.75, 3.05) is 0 Å². The van der Waals surface area contributed by atoms with E-state index in [1.165, 1.54) is 24.3 Å². The Hall–Kier alpha value is -1.84. The summed E-state index contributed by atoms with van der Waals surface area (Å²) in [7, 11) is 0. The first kappa shape index (κ1) is 15.5. The van der Waals surface area contributed by atoms with Gasteiger partial charge in [0.15, 0.2) is 11.6 Å². The molecule has 2 aromatic rings. The van der Waals surface area contributed by atoms with Crippen molar-refractivity contribution < 1.29 is 14.7 Å². The summed E-state index contributed by atoms with van der Waals surface area (Å²) in [6.45, 7) is 1.80. The molecule has 2 aromatic carbocycles. The number of ketones is 2. The maximum Gasteiger partial charge on any atom is 0.174 e. The average molecular weight is 323 g/mol. The number of rotatable bonds is 4. The number of Topliss-reactive ketones (excluding diaryl/α,β-unsaturated/α-hetero) is 2. The van der Waals surface area contributed by atoms with Gasteiger partial charge < -0.3 is 5.11 Å². The first-order chi connectivity index (χ1) is 9.88. The predicted octanol–water partition coefficient (Wildman–Crippen LogP) is 4.46. The Morgan fingerprint density at radius 2 is 1.71 bits per heavy atom. The third-order valence-electron chi connectivity index (χ3n) is 3.02. The van der Waals surface area contributed by atoms with E-state index in [4.69, 9.17) is 23.2 Å². The van der Waals surface area contributed by atoms with Gasteiger partial charge in [-0.25, -0.2) is 0 Å². The van der Waals surface area contributed by atoms with Crippen molar-refractivity contribution in [3.05, 3.63) is 63.1 Å². The lowest BCUT2D eigenvalue weighted by Gasteiger charge is -2.05. The SMILES string of the molecule is Cc1ccc(O)c(C(=O)CC(=O)c2ccc(Cl)c(Cl)c2)c1. The third-order valence-corrected chi connectivity index (χ3v) is 3.75. The van der Waals surface area contributed by atoms with Crippen LogP contribution in [0.15, 0.2) is 36.4 Å². The van der Waals surface area contributed by atoms with Gasteiger partial charge in [-0.3, -0.25) is 9.59 Å². The van der Waals surface area contributed by atoms with Crippen molar-refractivity contribution in [2.24, 2.45) is 0 Å². The van der Waals surface area contributed by atoms with Crippen LogP contribution in [0, 0.1) is 6.92 Å². The van der Waals surface area contributed by atoms with Gasteiger partial charge in [-0.2, -0.15) is 0 Å². The molecule has 21 heavy (non-hydrogen) atoms. The van der Waals surface area contributed by atoms with Crippen LogP contribution >= 0.6 is 23.2 Å². The summed E-state index contributed by atoms with van der Waals surface area (Å²) >= 11 is 11.6. The van der Waals surface area contributed by atoms with E-state index in [-0.39, 0.29) is 28.5 Å². The highest BCUT2D eigenvalue weighted by atomic mass is 35.5. The number of carbonyl (C=O) groups excluding carboxylic acids is 2. The van der Waals surface area contributed by atoms with E-state index in [2.05, 4.69) is 0 Å². The summed E-state index contributed by atoms with van der Waals surface area (Å²) in [5.41, 5.74) is 1.28. The average Bonchev–Trinajstić information content (AvgIpc) is 2.44. The Morgan fingerprint density at radius 1 is 1.00 bits per heavy atom. The lowest BCUT2D eigenvalue weighted by molar-refractivity contribution is 0.0893. The number of phenolic OH excluding ortho intramolecular Hbond substituents is 1. The van der Waals surface area contributed by atoms with Crippen molar-refractivity contribution >= 4 is 34.8 Å². The molecule has 0 heterocycles. The van der Waals surface area contributed by atoms with Crippen LogP contribution in [-0.4, -0.2) is 16.7 Å². The predicted molar refractivity (Wildman–Crippen MR) is 82.6 cm³/mol. The van der Waals surface area contributed by atoms with Gasteiger partial charge in [0.1, 0.15) is 5.75 Å². The fourth-order valence-electron chi connectivity index (χ4n) is 1.89. The molecule has 0 aliphatic carbocycles. The zero-order valence-electron chi connectivity index (χ0n) is 11.2. The van der Waals surface area contributed by atoms with Crippen LogP contribution in [0.25, 0.3) is 0 Å². The highest BCUT2D eigenvalue weighted by molar-refractivity contribution is 6.42. The number of benzene rings is 2. The van der Waals surface area contributed by atoms with E-state index in [0.29, 0.717) is 10.6 Å². The molecule has 0 saturated carbocycles. The van der Waals surface area contributed by atoms with Crippen LogP contribution in [-0.2, 0) is 0 Å². The molecular weight excluding hydrogens is 311 g/mol. The highest BCUT2D eigenvalue weighted by Gasteiger charge is 2.17. The number of phenols is 1. The minimum Gasteiger partial charge on any atom is -0.507 e. The summed E-state index contributed by atoms with van der Waals surface area (Å²) < 4.78 is 0. The van der Waals surface area contributed by atoms with Crippen LogP contribution < -0.4 is 0 Å². The van der Waals surface area contributed by atoms with Gasteiger partial charge in [0.05, 0.1) is 22.0 Å². The van der Waals surface area contributed by atoms with Crippen LogP contribution in [0.4, 0.5) is 0 Å². The summed E-state index contributed by atoms with van der Waals surface area (Å²) in [6.07, 6.45) is -0.338. The maximum atomic E-state index is 12.1. The lowest BCUT2D eigenvalue weighted by Crippen LogP contribution is -2.09. The Kier molecular flexibility index (Phi) is 4.66. The molecule has 0 fully saturated rings. The molecule has 0 unspecified atom stereocenters. The fourth-order valence-corrected chi connectivity index (χ4v) is 2.18. The van der Waals surface area contributed by atoms with Crippen LogP contribution in [0.5, 0.6) is 5.75 Å². The van der Waals surface area contributed by atoms with Crippen molar-refractivity contribution in [3.63, 3.8) is 0 Å². The monoisotopic (exact) mass is 322 g/mol. The maximum absolute atomic E-state index is 12.1. The molecule has 0 bridgehead atoms. The molecule has 0 atom stereocenters. The highest BCUT2D eigenvalue weighted by Crippen LogP contribution is 2.24. The Morgan fingerprint density at radius 3 is 2.38 bits per heavy atom. The van der Waals surface area contributed by atoms with Gasteiger partial charge in [-0.15, -0.1) is 0 Å². The molecule has 2 rings (SSSR count). The van der Waals surface area contributed by atoms with E-state index < -0.39 is 5.78 Å². The van der Waals surface area contributed by atoms with E-state index in [9.17, 15) is 14.7 Å². The smallest absolute Gasteiger partial charge is 0.174 e. The quantitative estimate of drug-likeness (QED) is 0.667. The molecule has 0 radical (unpaired) electrons. The molecule has 5 heteroatoms. The second-order valence-corrected chi connectivity index (χ2v) is 5.49. The number of aryl methyl sites for hydroxylation is 1. The molecule has 0 aromatic heterocycles. The molecule has 108 valence electrons. The molecule has 1 N–H and O–H groups in total. The van der Waals surface area contributed by atoms with Crippen molar-refractivity contribution in [3.8, 4) is 5.75 Å². The van der Waals surface area contributed by atoms with Crippen LogP contribution in [0.3, 0.4) is 0 Å². The summed E-state index contributed by atoms with van der Waals surface area (Å²) in [4.78, 5) is 24.2. The molecule has 3 nitrogen and oxygen atoms in total. The number of halogens is 2. The summed E-state index contributed by atoms with van der Waals surface area (Å²) in [6, 6.07) is 9.13. The van der Waals surface area contributed by atoms with Gasteiger partial charge >= 0.3 is 0 Å². The minimum absolute atomic E-state index is 0.132. The van der Waals surface area contributed by atoms with Gasteiger partial charge in [0, 0.05) is 5.56 Å². The van der Waals surface area contributed by atoms with Crippen molar-refractivity contribution in [2.45, 2.75) is 13.3 Å². The van der Waals surface area contributed by atoms with E-state index in [1.54, 1.807) is 19.1 Å². The molecular formula is C16H12Cl2O3. The number of hydrogen-bond acceptors (Lipinski definition) is 3. The lowest BCUT2D eigenvalue weighted by atomic mass is 9.99. The Balaban J connectivity index is 2.20. The summed E-state index contributed by atoms with van der Waals surface area (Å²) in [5.74, 6) is -0.945. The Labute approximate surface area is 132 Å². The second kappa shape index (κ2) is 6.29. The number of hydrogen-bond donors (Lipinski definition) is 1. The normalized spacial score (nSPS) is 10.4. The standard InChI is InChI=1S/C16H12Cl2O3/c1-9-2-5-14(19)11(6-9)16(21)8-15(20)10-3-4-12(17)13(18)7-10/h2-7,19H,8H2,1H3. The van der Waals surface area contributed by atoms with Gasteiger partial charge in [0.2, 0.25) is 0 Å². The first-order valence-electron chi connectivity index (χ1n) is 6.19. The van der Waals surface area contributed by atoms with E-state index >= 15 is 0 Å². The molecule has 0 amide bonds. The Bertz CT molecular complexity index is 723. The van der Waals surface area contributed by atoms with E-state index in [1.807, 2.05) is 0 Å². The molecule has 0 spiro atoms. The van der Waals surface area contributed by atoms with Gasteiger partial charge in [-0.1, -0.05) is 34.8 Å². The van der Waals surface area contributed by atoms with Crippen LogP contribution in [0.2, 0.25) is 10.0 Å². The topological polar surface area (TPSA) is 54.4 Å². The van der Waals surface area contributed by atoms with Crippen molar-refractivity contribution in [1.82, 2.24) is 0 Å². The third kappa shape index (κ3) is 3.63. The minimum atomic E-state index is -0.438. The number of carbonyl (C=O) groups is 2. The van der Waals surface area contributed by atoms with Gasteiger partial charge in [-0.05, 0) is 37.3 Å². The fraction of sp³-hybridized carbons (Fsp3) is 0.125. The van der Waals surface area contributed by atoms with Crippen LogP contribution in [0.1, 0.15) is 32.7 Å². The summed E-state index contributed by atoms with van der Waals surface area (Å²) in [5, 5.41) is 10.3. The second-order valence-electron chi connectivity index (χ2n) is 4.67. The first-order valence-corrected chi connectivity index (χ1v) is 6.95. The van der Waals surface area contributed by atoms with E-state index in [0.717, 1.165) is 5.56 Å². The number of aromatic hydroxyl groups is 1. The molecule has 0 aliphatic rings. The molecule has 0 aliphatic heterocycles. The van der Waals surface area contributed by atoms with Gasteiger partial charge in [0.25, 0.3) is 0 Å². The van der Waals surface area contributed by atoms with Crippen molar-refractivity contribution in [1.29, 1.82) is 0 Å². The zero-order valence-corrected chi connectivity index (χ0v) is 12.7.